The number of nitrogens with one attached hydrogen (secondary N) is 1. The predicted octanol–water partition coefficient (Wildman–Crippen LogP) is 5.35. The highest BCUT2D eigenvalue weighted by Crippen LogP contribution is 2.49. The average Bonchev–Trinajstić information content (AvgIpc) is 3.81. The number of imidazole rings is 1. The van der Waals surface area contributed by atoms with Gasteiger partial charge in [0, 0.05) is 106 Å². The van der Waals surface area contributed by atoms with Gasteiger partial charge in [0.05, 0.1) is 24.5 Å². The zero-order chi connectivity index (χ0) is 42.3. The minimum absolute atomic E-state index is 0.0580. The van der Waals surface area contributed by atoms with Crippen LogP contribution in [0.1, 0.15) is 56.9 Å². The van der Waals surface area contributed by atoms with E-state index in [4.69, 9.17) is 14.2 Å². The van der Waals surface area contributed by atoms with E-state index in [9.17, 15) is 14.4 Å². The summed E-state index contributed by atoms with van der Waals surface area (Å²) in [7, 11) is 5.86. The molecule has 4 aromatic rings. The molecule has 3 aromatic carbocycles. The second kappa shape index (κ2) is 19.4. The van der Waals surface area contributed by atoms with Gasteiger partial charge >= 0.3 is 12.1 Å². The summed E-state index contributed by atoms with van der Waals surface area (Å²) in [5, 5.41) is 5.31. The van der Waals surface area contributed by atoms with Crippen molar-refractivity contribution in [2.24, 2.45) is 0 Å². The van der Waals surface area contributed by atoms with Gasteiger partial charge in [-0.25, -0.2) is 19.1 Å². The van der Waals surface area contributed by atoms with Crippen molar-refractivity contribution in [3.8, 4) is 0 Å². The Balaban J connectivity index is 1.05. The molecule has 2 aliphatic rings. The summed E-state index contributed by atoms with van der Waals surface area (Å²) < 4.78 is 18.9. The number of carbonyl (C=O) groups excluding carboxylic acids is 3. The smallest absolute Gasteiger partial charge is 0.419 e. The third kappa shape index (κ3) is 9.54. The molecule has 0 fully saturated rings. The second-order valence-corrected chi connectivity index (χ2v) is 22.7. The lowest BCUT2D eigenvalue weighted by Gasteiger charge is -2.44. The van der Waals surface area contributed by atoms with Crippen LogP contribution in [-0.2, 0) is 26.4 Å². The van der Waals surface area contributed by atoms with E-state index in [-0.39, 0.29) is 32.3 Å². The normalized spacial score (nSPS) is 14.4. The summed E-state index contributed by atoms with van der Waals surface area (Å²) in [6, 6.07) is 18.1. The number of esters is 1. The van der Waals surface area contributed by atoms with Gasteiger partial charge in [-0.05, 0) is 58.3 Å². The van der Waals surface area contributed by atoms with E-state index in [2.05, 4.69) is 88.3 Å². The van der Waals surface area contributed by atoms with Crippen molar-refractivity contribution in [2.45, 2.75) is 39.1 Å². The maximum atomic E-state index is 13.9. The Labute approximate surface area is 358 Å². The lowest BCUT2D eigenvalue weighted by atomic mass is 9.78. The number of rotatable bonds is 19. The van der Waals surface area contributed by atoms with Gasteiger partial charge in [-0.2, -0.15) is 23.5 Å². The van der Waals surface area contributed by atoms with Gasteiger partial charge < -0.3 is 29.3 Å². The average molecular weight is 859 g/mol. The summed E-state index contributed by atoms with van der Waals surface area (Å²) in [5.41, 5.74) is 5.27. The number of thioether (sulfide) groups is 2. The fourth-order valence-corrected chi connectivity index (χ4v) is 12.3. The minimum atomic E-state index is -2.27. The van der Waals surface area contributed by atoms with Crippen molar-refractivity contribution in [2.75, 3.05) is 100 Å². The Morgan fingerprint density at radius 2 is 1.46 bits per heavy atom. The minimum Gasteiger partial charge on any atom is -0.446 e. The van der Waals surface area contributed by atoms with Crippen LogP contribution in [-0.4, -0.2) is 131 Å². The Morgan fingerprint density at radius 3 is 2.05 bits per heavy atom. The first kappa shape index (κ1) is 44.3. The van der Waals surface area contributed by atoms with Gasteiger partial charge in [0.15, 0.2) is 5.60 Å². The topological polar surface area (TPSA) is 118 Å². The van der Waals surface area contributed by atoms with E-state index < -0.39 is 25.7 Å². The molecule has 0 saturated carbocycles. The summed E-state index contributed by atoms with van der Waals surface area (Å²) >= 11 is 3.84. The van der Waals surface area contributed by atoms with Crippen molar-refractivity contribution >= 4 is 71.3 Å². The van der Waals surface area contributed by atoms with Crippen molar-refractivity contribution in [3.63, 3.8) is 0 Å². The van der Waals surface area contributed by atoms with E-state index in [0.717, 1.165) is 69.9 Å². The first-order chi connectivity index (χ1) is 28.3. The van der Waals surface area contributed by atoms with Crippen LogP contribution in [0.25, 0.3) is 0 Å². The maximum absolute atomic E-state index is 13.9. The van der Waals surface area contributed by atoms with Gasteiger partial charge in [0.25, 0.3) is 5.91 Å². The number of amides is 1. The molecule has 316 valence electrons. The largest absolute Gasteiger partial charge is 0.446 e. The lowest BCUT2D eigenvalue weighted by Crippen LogP contribution is -2.63. The molecule has 0 bridgehead atoms. The molecule has 1 spiro atoms. The molecule has 0 saturated heterocycles. The Morgan fingerprint density at radius 1 is 0.847 bits per heavy atom. The maximum Gasteiger partial charge on any atom is 0.419 e. The Kier molecular flexibility index (Phi) is 14.6. The molecule has 0 atom stereocenters. The standard InChI is InChI=1S/C44H58N6O6S2Si/c1-9-57-23-18-49(19-24-58-10-2)28-32-29-50(30-46-32)43(53)55-22-21-54-20-17-45-41(51)31-11-14-36-35(25-31)42(52)56-44(36)37-15-12-33(47(3)4)26-39(37)59(7,8)40-27-34(48(5)6)13-16-38(40)44/h11-16,25-27,29-30H,9-10,17-24,28H2,1-8H3,(H,45,51). The third-order valence-corrected chi connectivity index (χ3v) is 16.3. The Bertz CT molecular complexity index is 2070. The number of nitrogens with zero attached hydrogens (tertiary/aromatic N) is 5. The summed E-state index contributed by atoms with van der Waals surface area (Å²) in [5.74, 6) is 3.52. The van der Waals surface area contributed by atoms with Crippen LogP contribution in [0.2, 0.25) is 13.1 Å². The molecule has 12 nitrogen and oxygen atoms in total. The fraction of sp³-hybridized carbons (Fsp3) is 0.455. The molecular weight excluding hydrogens is 801 g/mol. The van der Waals surface area contributed by atoms with Gasteiger partial charge in [-0.3, -0.25) is 9.69 Å². The lowest BCUT2D eigenvalue weighted by molar-refractivity contribution is 0.0255. The van der Waals surface area contributed by atoms with E-state index in [1.807, 2.05) is 57.8 Å². The number of carbonyl (C=O) groups is 3. The summed E-state index contributed by atoms with van der Waals surface area (Å²) in [6.45, 7) is 12.3. The number of fused-ring (bicyclic) bond motifs is 6. The molecule has 1 N–H and O–H groups in total. The zero-order valence-electron chi connectivity index (χ0n) is 35.6. The van der Waals surface area contributed by atoms with Gasteiger partial charge in [0.1, 0.15) is 21.0 Å². The molecule has 1 aromatic heterocycles. The molecule has 15 heteroatoms. The quantitative estimate of drug-likeness (QED) is 0.0745. The fourth-order valence-electron chi connectivity index (χ4n) is 7.79. The third-order valence-electron chi connectivity index (χ3n) is 11.0. The second-order valence-electron chi connectivity index (χ2n) is 15.6. The number of hydrogen-bond donors (Lipinski definition) is 1. The van der Waals surface area contributed by atoms with Crippen LogP contribution in [0.4, 0.5) is 16.2 Å². The van der Waals surface area contributed by atoms with E-state index in [0.29, 0.717) is 17.7 Å². The predicted molar refractivity (Wildman–Crippen MR) is 243 cm³/mol. The number of ether oxygens (including phenoxy) is 3. The first-order valence-corrected chi connectivity index (χ1v) is 25.6. The molecule has 2 aliphatic heterocycles. The van der Waals surface area contributed by atoms with E-state index >= 15 is 0 Å². The number of hydrogen-bond acceptors (Lipinski definition) is 12. The highest BCUT2D eigenvalue weighted by atomic mass is 32.2. The van der Waals surface area contributed by atoms with Crippen LogP contribution in [0.15, 0.2) is 67.1 Å². The van der Waals surface area contributed by atoms with Crippen molar-refractivity contribution in [3.05, 3.63) is 101 Å². The van der Waals surface area contributed by atoms with Crippen molar-refractivity contribution in [1.82, 2.24) is 19.8 Å². The van der Waals surface area contributed by atoms with Gasteiger partial charge in [-0.1, -0.05) is 45.1 Å². The molecule has 59 heavy (non-hydrogen) atoms. The monoisotopic (exact) mass is 858 g/mol. The molecule has 0 unspecified atom stereocenters. The molecular formula is C44H58N6O6S2Si. The molecule has 1 amide bonds. The van der Waals surface area contributed by atoms with Crippen LogP contribution in [0.5, 0.6) is 0 Å². The van der Waals surface area contributed by atoms with Crippen molar-refractivity contribution in [1.29, 1.82) is 0 Å². The summed E-state index contributed by atoms with van der Waals surface area (Å²) in [4.78, 5) is 50.9. The molecule has 0 aliphatic carbocycles. The van der Waals surface area contributed by atoms with Crippen LogP contribution >= 0.6 is 23.5 Å². The summed E-state index contributed by atoms with van der Waals surface area (Å²) in [6.07, 6.45) is 2.69. The molecule has 6 rings (SSSR count). The van der Waals surface area contributed by atoms with Gasteiger partial charge in [0.2, 0.25) is 0 Å². The van der Waals surface area contributed by atoms with E-state index in [1.54, 1.807) is 18.3 Å². The molecule has 3 heterocycles. The number of benzene rings is 3. The van der Waals surface area contributed by atoms with Crippen molar-refractivity contribution < 1.29 is 28.6 Å². The van der Waals surface area contributed by atoms with Crippen LogP contribution < -0.4 is 25.5 Å². The SMILES string of the molecule is CCSCCN(CCSCC)Cc1cn(C(=O)OCCOCCNC(=O)c2ccc3c(c2)C(=O)OC32c3ccc(N(C)C)cc3[Si](C)(C)c3cc(N(C)C)ccc32)cn1. The molecule has 0 radical (unpaired) electrons. The highest BCUT2D eigenvalue weighted by molar-refractivity contribution is 7.99. The number of anilines is 2. The first-order valence-electron chi connectivity index (χ1n) is 20.3. The van der Waals surface area contributed by atoms with Crippen LogP contribution in [0.3, 0.4) is 0 Å². The highest BCUT2D eigenvalue weighted by Gasteiger charge is 2.56. The zero-order valence-corrected chi connectivity index (χ0v) is 38.3. The van der Waals surface area contributed by atoms with E-state index in [1.165, 1.54) is 21.3 Å². The Hall–Kier alpha value is -4.28. The van der Waals surface area contributed by atoms with Gasteiger partial charge in [-0.15, -0.1) is 0 Å². The number of aromatic nitrogens is 2. The van der Waals surface area contributed by atoms with Crippen LogP contribution in [0, 0.1) is 0 Å².